The first-order valence-corrected chi connectivity index (χ1v) is 7.57. The van der Waals surface area contributed by atoms with Gasteiger partial charge in [-0.15, -0.1) is 0 Å². The van der Waals surface area contributed by atoms with Crippen LogP contribution in [0.4, 0.5) is 0 Å². The van der Waals surface area contributed by atoms with E-state index in [0.29, 0.717) is 0 Å². The SMILES string of the molecule is CC(C)CN(C1CC1)C(C)C(C)CNC1CC1. The normalized spacial score (nSPS) is 24.4. The van der Waals surface area contributed by atoms with Gasteiger partial charge in [-0.25, -0.2) is 0 Å². The van der Waals surface area contributed by atoms with Gasteiger partial charge in [-0.2, -0.15) is 0 Å². The topological polar surface area (TPSA) is 15.3 Å². The Morgan fingerprint density at radius 2 is 1.71 bits per heavy atom. The third-order valence-electron chi connectivity index (χ3n) is 4.24. The lowest BCUT2D eigenvalue weighted by atomic mass is 10.0. The molecule has 2 heteroatoms. The number of nitrogens with one attached hydrogen (secondary N) is 1. The summed E-state index contributed by atoms with van der Waals surface area (Å²) in [5.41, 5.74) is 0. The fraction of sp³-hybridized carbons (Fsp3) is 1.00. The summed E-state index contributed by atoms with van der Waals surface area (Å²) in [5.74, 6) is 1.57. The smallest absolute Gasteiger partial charge is 0.0108 e. The van der Waals surface area contributed by atoms with Crippen molar-refractivity contribution in [3.8, 4) is 0 Å². The van der Waals surface area contributed by atoms with Crippen molar-refractivity contribution in [3.63, 3.8) is 0 Å². The van der Waals surface area contributed by atoms with E-state index in [1.54, 1.807) is 0 Å². The highest BCUT2D eigenvalue weighted by Crippen LogP contribution is 2.31. The van der Waals surface area contributed by atoms with Crippen molar-refractivity contribution in [2.45, 2.75) is 71.5 Å². The van der Waals surface area contributed by atoms with Gasteiger partial charge in [-0.3, -0.25) is 4.90 Å². The highest BCUT2D eigenvalue weighted by Gasteiger charge is 2.34. The molecule has 2 atom stereocenters. The minimum absolute atomic E-state index is 0.733. The van der Waals surface area contributed by atoms with E-state index < -0.39 is 0 Å². The molecule has 2 nitrogen and oxygen atoms in total. The summed E-state index contributed by atoms with van der Waals surface area (Å²) in [4.78, 5) is 2.77. The van der Waals surface area contributed by atoms with E-state index in [1.165, 1.54) is 38.8 Å². The lowest BCUT2D eigenvalue weighted by Crippen LogP contribution is -2.44. The Labute approximate surface area is 107 Å². The first kappa shape index (κ1) is 13.4. The van der Waals surface area contributed by atoms with Crippen LogP contribution in [0.15, 0.2) is 0 Å². The monoisotopic (exact) mass is 238 g/mol. The van der Waals surface area contributed by atoms with Crippen LogP contribution in [0.5, 0.6) is 0 Å². The van der Waals surface area contributed by atoms with Crippen molar-refractivity contribution < 1.29 is 0 Å². The molecule has 0 aliphatic heterocycles. The quantitative estimate of drug-likeness (QED) is 0.699. The van der Waals surface area contributed by atoms with Crippen LogP contribution >= 0.6 is 0 Å². The average molecular weight is 238 g/mol. The molecule has 0 amide bonds. The second-order valence-corrected chi connectivity index (χ2v) is 6.72. The Hall–Kier alpha value is -0.0800. The summed E-state index contributed by atoms with van der Waals surface area (Å²) in [6.45, 7) is 12.0. The van der Waals surface area contributed by atoms with Gasteiger partial charge < -0.3 is 5.32 Å². The number of nitrogens with zero attached hydrogens (tertiary/aromatic N) is 1. The van der Waals surface area contributed by atoms with Crippen LogP contribution in [0, 0.1) is 11.8 Å². The van der Waals surface area contributed by atoms with Crippen LogP contribution in [-0.4, -0.2) is 36.1 Å². The lowest BCUT2D eigenvalue weighted by molar-refractivity contribution is 0.134. The second-order valence-electron chi connectivity index (χ2n) is 6.72. The molecular formula is C15H30N2. The molecule has 0 radical (unpaired) electrons. The highest BCUT2D eigenvalue weighted by atomic mass is 15.2. The minimum atomic E-state index is 0.733. The van der Waals surface area contributed by atoms with E-state index in [9.17, 15) is 0 Å². The summed E-state index contributed by atoms with van der Waals surface area (Å²) < 4.78 is 0. The van der Waals surface area contributed by atoms with E-state index in [4.69, 9.17) is 0 Å². The van der Waals surface area contributed by atoms with Crippen molar-refractivity contribution in [1.82, 2.24) is 10.2 Å². The summed E-state index contributed by atoms with van der Waals surface area (Å²) in [6.07, 6.45) is 5.67. The molecule has 0 bridgehead atoms. The molecule has 0 aromatic carbocycles. The molecule has 2 fully saturated rings. The largest absolute Gasteiger partial charge is 0.314 e. The molecule has 2 aliphatic rings. The number of rotatable bonds is 8. The van der Waals surface area contributed by atoms with Gasteiger partial charge in [0, 0.05) is 24.7 Å². The third kappa shape index (κ3) is 4.26. The van der Waals surface area contributed by atoms with Gasteiger partial charge in [-0.1, -0.05) is 20.8 Å². The van der Waals surface area contributed by atoms with Crippen LogP contribution in [0.2, 0.25) is 0 Å². The van der Waals surface area contributed by atoms with Crippen molar-refractivity contribution in [1.29, 1.82) is 0 Å². The Kier molecular flexibility index (Phi) is 4.48. The van der Waals surface area contributed by atoms with E-state index >= 15 is 0 Å². The molecule has 2 saturated carbocycles. The first-order chi connectivity index (χ1) is 8.08. The zero-order chi connectivity index (χ0) is 12.4. The molecule has 2 aliphatic carbocycles. The van der Waals surface area contributed by atoms with Crippen molar-refractivity contribution in [2.75, 3.05) is 13.1 Å². The third-order valence-corrected chi connectivity index (χ3v) is 4.24. The Morgan fingerprint density at radius 3 is 2.18 bits per heavy atom. The van der Waals surface area contributed by atoms with Crippen molar-refractivity contribution in [3.05, 3.63) is 0 Å². The molecule has 0 heterocycles. The van der Waals surface area contributed by atoms with Crippen LogP contribution in [0.1, 0.15) is 53.4 Å². The summed E-state index contributed by atoms with van der Waals surface area (Å²) in [5, 5.41) is 3.68. The average Bonchev–Trinajstić information content (AvgIpc) is 3.15. The van der Waals surface area contributed by atoms with E-state index in [2.05, 4.69) is 37.9 Å². The molecule has 1 N–H and O–H groups in total. The summed E-state index contributed by atoms with van der Waals surface area (Å²) in [7, 11) is 0. The van der Waals surface area contributed by atoms with Gasteiger partial charge in [0.05, 0.1) is 0 Å². The van der Waals surface area contributed by atoms with Gasteiger partial charge in [0.15, 0.2) is 0 Å². The molecule has 0 aromatic rings. The van der Waals surface area contributed by atoms with Crippen LogP contribution < -0.4 is 5.32 Å². The Morgan fingerprint density at radius 1 is 1.06 bits per heavy atom. The summed E-state index contributed by atoms with van der Waals surface area (Å²) in [6, 6.07) is 2.48. The molecule has 0 saturated heterocycles. The van der Waals surface area contributed by atoms with Crippen LogP contribution in [-0.2, 0) is 0 Å². The first-order valence-electron chi connectivity index (χ1n) is 7.57. The van der Waals surface area contributed by atoms with Crippen LogP contribution in [0.25, 0.3) is 0 Å². The second kappa shape index (κ2) is 5.71. The minimum Gasteiger partial charge on any atom is -0.314 e. The van der Waals surface area contributed by atoms with Gasteiger partial charge in [0.2, 0.25) is 0 Å². The van der Waals surface area contributed by atoms with E-state index in [0.717, 1.165) is 30.0 Å². The molecule has 2 unspecified atom stereocenters. The zero-order valence-corrected chi connectivity index (χ0v) is 12.1. The summed E-state index contributed by atoms with van der Waals surface area (Å²) >= 11 is 0. The Balaban J connectivity index is 1.78. The van der Waals surface area contributed by atoms with Gasteiger partial charge >= 0.3 is 0 Å². The molecule has 17 heavy (non-hydrogen) atoms. The van der Waals surface area contributed by atoms with Crippen LogP contribution in [0.3, 0.4) is 0 Å². The van der Waals surface area contributed by atoms with Gasteiger partial charge in [0.1, 0.15) is 0 Å². The lowest BCUT2D eigenvalue weighted by Gasteiger charge is -2.34. The number of hydrogen-bond acceptors (Lipinski definition) is 2. The number of hydrogen-bond donors (Lipinski definition) is 1. The highest BCUT2D eigenvalue weighted by molar-refractivity contribution is 4.90. The molecule has 2 rings (SSSR count). The molecule has 100 valence electrons. The van der Waals surface area contributed by atoms with Gasteiger partial charge in [-0.05, 0) is 51.0 Å². The van der Waals surface area contributed by atoms with Gasteiger partial charge in [0.25, 0.3) is 0 Å². The molecule has 0 spiro atoms. The van der Waals surface area contributed by atoms with Crippen molar-refractivity contribution in [2.24, 2.45) is 11.8 Å². The molecular weight excluding hydrogens is 208 g/mol. The molecule has 0 aromatic heterocycles. The fourth-order valence-corrected chi connectivity index (χ4v) is 2.61. The predicted octanol–water partition coefficient (Wildman–Crippen LogP) is 2.88. The van der Waals surface area contributed by atoms with Crippen molar-refractivity contribution >= 4 is 0 Å². The maximum atomic E-state index is 3.68. The maximum absolute atomic E-state index is 3.68. The predicted molar refractivity (Wildman–Crippen MR) is 74.2 cm³/mol. The maximum Gasteiger partial charge on any atom is 0.0108 e. The Bertz CT molecular complexity index is 231. The zero-order valence-electron chi connectivity index (χ0n) is 12.1. The van der Waals surface area contributed by atoms with E-state index in [-0.39, 0.29) is 0 Å². The van der Waals surface area contributed by atoms with E-state index in [1.807, 2.05) is 0 Å². The fourth-order valence-electron chi connectivity index (χ4n) is 2.61. The standard InChI is InChI=1S/C15H30N2/c1-11(2)10-17(15-7-8-15)13(4)12(3)9-16-14-5-6-14/h11-16H,5-10H2,1-4H3.